The van der Waals surface area contributed by atoms with Crippen molar-refractivity contribution in [3.63, 3.8) is 0 Å². The van der Waals surface area contributed by atoms with E-state index < -0.39 is 5.41 Å². The molecule has 0 radical (unpaired) electrons. The second-order valence-corrected chi connectivity index (χ2v) is 7.96. The van der Waals surface area contributed by atoms with Gasteiger partial charge in [-0.05, 0) is 47.5 Å². The van der Waals surface area contributed by atoms with Crippen molar-refractivity contribution in [3.05, 3.63) is 0 Å². The summed E-state index contributed by atoms with van der Waals surface area (Å²) in [5.74, 6) is -0.111. The zero-order valence-electron chi connectivity index (χ0n) is 12.9. The van der Waals surface area contributed by atoms with E-state index >= 15 is 0 Å². The molecular formula is C15H27NO2. The Morgan fingerprint density at radius 3 is 2.17 bits per heavy atom. The summed E-state index contributed by atoms with van der Waals surface area (Å²) in [6, 6.07) is 0. The molecular weight excluding hydrogens is 226 g/mol. The molecule has 1 heterocycles. The van der Waals surface area contributed by atoms with Gasteiger partial charge in [-0.2, -0.15) is 0 Å². The van der Waals surface area contributed by atoms with Crippen molar-refractivity contribution in [2.24, 2.45) is 10.8 Å². The van der Waals surface area contributed by atoms with Crippen molar-refractivity contribution in [2.75, 3.05) is 13.7 Å². The summed E-state index contributed by atoms with van der Waals surface area (Å²) in [5, 5.41) is 0. The van der Waals surface area contributed by atoms with Crippen LogP contribution in [0.15, 0.2) is 0 Å². The molecule has 0 aromatic heterocycles. The van der Waals surface area contributed by atoms with Gasteiger partial charge in [0, 0.05) is 23.0 Å². The van der Waals surface area contributed by atoms with Crippen LogP contribution in [0.25, 0.3) is 0 Å². The van der Waals surface area contributed by atoms with Gasteiger partial charge in [0.1, 0.15) is 0 Å². The molecule has 1 aliphatic carbocycles. The molecule has 0 amide bonds. The maximum absolute atomic E-state index is 11.8. The zero-order valence-corrected chi connectivity index (χ0v) is 12.9. The van der Waals surface area contributed by atoms with E-state index in [1.54, 1.807) is 0 Å². The molecule has 0 spiro atoms. The first-order valence-corrected chi connectivity index (χ1v) is 6.85. The lowest BCUT2D eigenvalue weighted by Gasteiger charge is -2.54. The van der Waals surface area contributed by atoms with Crippen LogP contribution in [0.3, 0.4) is 0 Å². The minimum absolute atomic E-state index is 0.0441. The Balaban J connectivity index is 2.07. The van der Waals surface area contributed by atoms with Crippen molar-refractivity contribution in [3.8, 4) is 0 Å². The van der Waals surface area contributed by atoms with E-state index in [0.29, 0.717) is 11.0 Å². The Kier molecular flexibility index (Phi) is 2.69. The second kappa shape index (κ2) is 3.50. The molecule has 1 aliphatic heterocycles. The number of nitrogens with zero attached hydrogens (tertiary/aromatic N) is 1. The Labute approximate surface area is 111 Å². The van der Waals surface area contributed by atoms with Gasteiger partial charge in [-0.3, -0.25) is 9.69 Å². The molecule has 3 nitrogen and oxygen atoms in total. The predicted octanol–water partition coefficient (Wildman–Crippen LogP) is 2.84. The Hall–Kier alpha value is -0.570. The highest BCUT2D eigenvalue weighted by Gasteiger charge is 2.75. The first-order chi connectivity index (χ1) is 7.98. The van der Waals surface area contributed by atoms with Gasteiger partial charge in [-0.15, -0.1) is 0 Å². The quantitative estimate of drug-likeness (QED) is 0.722. The van der Waals surface area contributed by atoms with Crippen molar-refractivity contribution < 1.29 is 9.53 Å². The fourth-order valence-corrected chi connectivity index (χ4v) is 4.20. The highest BCUT2D eigenvalue weighted by atomic mass is 16.5. The number of likely N-dealkylation sites (tertiary alicyclic amines) is 1. The molecule has 0 bridgehead atoms. The van der Waals surface area contributed by atoms with Crippen molar-refractivity contribution in [1.29, 1.82) is 0 Å². The van der Waals surface area contributed by atoms with E-state index in [0.717, 1.165) is 13.0 Å². The van der Waals surface area contributed by atoms with Crippen LogP contribution in [-0.4, -0.2) is 35.6 Å². The van der Waals surface area contributed by atoms with Crippen molar-refractivity contribution in [2.45, 2.75) is 65.5 Å². The molecule has 0 aromatic carbocycles. The first kappa shape index (κ1) is 13.9. The van der Waals surface area contributed by atoms with Gasteiger partial charge in [-0.1, -0.05) is 6.92 Å². The SMILES string of the molecule is COC(=O)C(C)(C)CC(C)(C)N1CC2(C)CC12C. The number of carbonyl (C=O) groups is 1. The number of methoxy groups -OCH3 is 1. The lowest BCUT2D eigenvalue weighted by molar-refractivity contribution is -0.154. The highest BCUT2D eigenvalue weighted by Crippen LogP contribution is 2.70. The van der Waals surface area contributed by atoms with Gasteiger partial charge < -0.3 is 4.74 Å². The van der Waals surface area contributed by atoms with E-state index in [4.69, 9.17) is 4.74 Å². The van der Waals surface area contributed by atoms with Crippen LogP contribution in [0, 0.1) is 10.8 Å². The Bertz CT molecular complexity index is 388. The maximum atomic E-state index is 11.8. The summed E-state index contributed by atoms with van der Waals surface area (Å²) in [4.78, 5) is 14.4. The lowest BCUT2D eigenvalue weighted by atomic mass is 9.75. The van der Waals surface area contributed by atoms with Gasteiger partial charge in [-0.25, -0.2) is 0 Å². The van der Waals surface area contributed by atoms with Crippen LogP contribution in [0.2, 0.25) is 0 Å². The summed E-state index contributed by atoms with van der Waals surface area (Å²) in [7, 11) is 1.47. The van der Waals surface area contributed by atoms with Crippen LogP contribution in [0.1, 0.15) is 54.4 Å². The van der Waals surface area contributed by atoms with Gasteiger partial charge in [0.2, 0.25) is 0 Å². The summed E-state index contributed by atoms with van der Waals surface area (Å²) < 4.78 is 4.92. The van der Waals surface area contributed by atoms with Gasteiger partial charge >= 0.3 is 5.97 Å². The topological polar surface area (TPSA) is 29.5 Å². The standard InChI is InChI=1S/C15H27NO2/c1-12(2,11(17)18-7)8-13(3,4)16-10-14(5)9-15(14,16)6/h8-10H2,1-7H3. The molecule has 1 saturated heterocycles. The summed E-state index contributed by atoms with van der Waals surface area (Å²) in [6.45, 7) is 14.3. The van der Waals surface area contributed by atoms with Crippen LogP contribution < -0.4 is 0 Å². The molecule has 18 heavy (non-hydrogen) atoms. The lowest BCUT2D eigenvalue weighted by Crippen LogP contribution is -2.63. The van der Waals surface area contributed by atoms with Gasteiger partial charge in [0.15, 0.2) is 0 Å². The average molecular weight is 253 g/mol. The second-order valence-electron chi connectivity index (χ2n) is 7.96. The monoisotopic (exact) mass is 253 g/mol. The molecule has 2 aliphatic rings. The minimum Gasteiger partial charge on any atom is -0.469 e. The number of esters is 1. The normalized spacial score (nSPS) is 35.7. The molecule has 2 fully saturated rings. The number of carbonyl (C=O) groups excluding carboxylic acids is 1. The van der Waals surface area contributed by atoms with Gasteiger partial charge in [0.25, 0.3) is 0 Å². The molecule has 2 atom stereocenters. The molecule has 1 saturated carbocycles. The first-order valence-electron chi connectivity index (χ1n) is 6.85. The molecule has 2 rings (SSSR count). The van der Waals surface area contributed by atoms with E-state index in [1.807, 2.05) is 13.8 Å². The van der Waals surface area contributed by atoms with Crippen LogP contribution >= 0.6 is 0 Å². The molecule has 0 N–H and O–H groups in total. The van der Waals surface area contributed by atoms with Crippen LogP contribution in [0.5, 0.6) is 0 Å². The number of rotatable bonds is 4. The predicted molar refractivity (Wildman–Crippen MR) is 72.3 cm³/mol. The summed E-state index contributed by atoms with van der Waals surface area (Å²) >= 11 is 0. The fourth-order valence-electron chi connectivity index (χ4n) is 4.20. The third-order valence-corrected chi connectivity index (χ3v) is 5.36. The summed E-state index contributed by atoms with van der Waals surface area (Å²) in [5.41, 5.74) is 0.514. The highest BCUT2D eigenvalue weighted by molar-refractivity contribution is 5.75. The number of fused-ring (bicyclic) bond motifs is 1. The molecule has 104 valence electrons. The van der Waals surface area contributed by atoms with E-state index in [-0.39, 0.29) is 11.5 Å². The Morgan fingerprint density at radius 1 is 1.28 bits per heavy atom. The zero-order chi connectivity index (χ0) is 14.0. The van der Waals surface area contributed by atoms with Crippen LogP contribution in [0.4, 0.5) is 0 Å². The maximum Gasteiger partial charge on any atom is 0.311 e. The van der Waals surface area contributed by atoms with E-state index in [9.17, 15) is 4.79 Å². The third kappa shape index (κ3) is 1.70. The van der Waals surface area contributed by atoms with Crippen molar-refractivity contribution in [1.82, 2.24) is 4.90 Å². The average Bonchev–Trinajstić information content (AvgIpc) is 2.61. The third-order valence-electron chi connectivity index (χ3n) is 5.36. The summed E-state index contributed by atoms with van der Waals surface area (Å²) in [6.07, 6.45) is 2.13. The van der Waals surface area contributed by atoms with Gasteiger partial charge in [0.05, 0.1) is 12.5 Å². The van der Waals surface area contributed by atoms with E-state index in [1.165, 1.54) is 13.5 Å². The number of ether oxygens (including phenoxy) is 1. The molecule has 2 unspecified atom stereocenters. The van der Waals surface area contributed by atoms with Crippen LogP contribution in [-0.2, 0) is 9.53 Å². The minimum atomic E-state index is -0.421. The Morgan fingerprint density at radius 2 is 1.83 bits per heavy atom. The van der Waals surface area contributed by atoms with Crippen molar-refractivity contribution >= 4 is 5.97 Å². The molecule has 3 heteroatoms. The molecule has 0 aromatic rings. The largest absolute Gasteiger partial charge is 0.469 e. The number of hydrogen-bond acceptors (Lipinski definition) is 3. The van der Waals surface area contributed by atoms with E-state index in [2.05, 4.69) is 32.6 Å². The number of hydrogen-bond donors (Lipinski definition) is 0. The fraction of sp³-hybridized carbons (Fsp3) is 0.933. The smallest absolute Gasteiger partial charge is 0.311 e.